The summed E-state index contributed by atoms with van der Waals surface area (Å²) in [5.74, 6) is 0. The van der Waals surface area contributed by atoms with Crippen LogP contribution in [-0.4, -0.2) is 21.3 Å². The van der Waals surface area contributed by atoms with Crippen molar-refractivity contribution in [2.24, 2.45) is 0 Å². The van der Waals surface area contributed by atoms with Crippen molar-refractivity contribution in [2.45, 2.75) is 25.6 Å². The van der Waals surface area contributed by atoms with Crippen molar-refractivity contribution in [3.63, 3.8) is 0 Å². The molecule has 1 aromatic rings. The van der Waals surface area contributed by atoms with E-state index in [1.165, 1.54) is 6.07 Å². The van der Waals surface area contributed by atoms with Crippen LogP contribution in [-0.2, 0) is 0 Å². The van der Waals surface area contributed by atoms with E-state index in [2.05, 4.69) is 4.98 Å². The Morgan fingerprint density at radius 1 is 1.53 bits per heavy atom. The van der Waals surface area contributed by atoms with Gasteiger partial charge in [0.25, 0.3) is 0 Å². The van der Waals surface area contributed by atoms with Gasteiger partial charge in [0, 0.05) is 11.3 Å². The third-order valence-corrected chi connectivity index (χ3v) is 2.29. The maximum absolute atomic E-state index is 9.71. The molecule has 2 N–H and O–H groups in total. The van der Waals surface area contributed by atoms with Gasteiger partial charge in [0.05, 0.1) is 18.6 Å². The summed E-state index contributed by atoms with van der Waals surface area (Å²) in [6.45, 7) is 1.68. The second-order valence-corrected chi connectivity index (χ2v) is 3.57. The third-order valence-electron chi connectivity index (χ3n) is 2.08. The van der Waals surface area contributed by atoms with Gasteiger partial charge < -0.3 is 10.2 Å². The van der Waals surface area contributed by atoms with E-state index in [1.54, 1.807) is 19.1 Å². The zero-order valence-electron chi connectivity index (χ0n) is 8.18. The van der Waals surface area contributed by atoms with Crippen molar-refractivity contribution >= 4 is 11.6 Å². The fraction of sp³-hybridized carbons (Fsp3) is 0.400. The molecule has 80 valence electrons. The van der Waals surface area contributed by atoms with Crippen LogP contribution >= 0.6 is 11.6 Å². The number of aliphatic hydroxyl groups excluding tert-OH is 2. The molecule has 0 aliphatic heterocycles. The monoisotopic (exact) mass is 226 g/mol. The number of hydrogen-bond acceptors (Lipinski definition) is 4. The second kappa shape index (κ2) is 5.08. The van der Waals surface area contributed by atoms with Gasteiger partial charge in [0.2, 0.25) is 0 Å². The quantitative estimate of drug-likeness (QED) is 0.763. The molecule has 0 saturated carbocycles. The Bertz CT molecular complexity index is 389. The van der Waals surface area contributed by atoms with E-state index >= 15 is 0 Å². The first-order valence-electron chi connectivity index (χ1n) is 4.42. The van der Waals surface area contributed by atoms with Gasteiger partial charge in [0.1, 0.15) is 11.3 Å². The van der Waals surface area contributed by atoms with Gasteiger partial charge >= 0.3 is 0 Å². The van der Waals surface area contributed by atoms with Crippen LogP contribution < -0.4 is 0 Å². The van der Waals surface area contributed by atoms with Crippen LogP contribution in [0.25, 0.3) is 0 Å². The highest BCUT2D eigenvalue weighted by atomic mass is 35.5. The van der Waals surface area contributed by atoms with Crippen molar-refractivity contribution in [1.82, 2.24) is 4.98 Å². The molecule has 0 bridgehead atoms. The molecule has 0 fully saturated rings. The van der Waals surface area contributed by atoms with E-state index in [-0.39, 0.29) is 6.42 Å². The molecule has 0 spiro atoms. The third kappa shape index (κ3) is 2.90. The molecule has 0 aromatic carbocycles. The maximum atomic E-state index is 9.71. The molecule has 1 aromatic heterocycles. The van der Waals surface area contributed by atoms with Crippen molar-refractivity contribution < 1.29 is 10.2 Å². The summed E-state index contributed by atoms with van der Waals surface area (Å²) in [4.78, 5) is 3.95. The van der Waals surface area contributed by atoms with Gasteiger partial charge in [-0.25, -0.2) is 4.98 Å². The van der Waals surface area contributed by atoms with E-state index in [0.717, 1.165) is 0 Å². The zero-order chi connectivity index (χ0) is 11.4. The molecule has 0 radical (unpaired) electrons. The van der Waals surface area contributed by atoms with Gasteiger partial charge in [-0.3, -0.25) is 0 Å². The maximum Gasteiger partial charge on any atom is 0.129 e. The standard InChI is InChI=1S/C10H11ClN2O2/c1-6-7(2-3-9(11)13-6)10(15)8(14)4-5-12/h2-3,8,10,14-15H,4H2,1H3. The number of aromatic nitrogens is 1. The summed E-state index contributed by atoms with van der Waals surface area (Å²) in [6, 6.07) is 4.92. The highest BCUT2D eigenvalue weighted by molar-refractivity contribution is 6.29. The number of rotatable bonds is 3. The predicted molar refractivity (Wildman–Crippen MR) is 55.2 cm³/mol. The van der Waals surface area contributed by atoms with Crippen LogP contribution in [0.15, 0.2) is 12.1 Å². The lowest BCUT2D eigenvalue weighted by atomic mass is 10.0. The van der Waals surface area contributed by atoms with Crippen LogP contribution in [0.3, 0.4) is 0 Å². The summed E-state index contributed by atoms with van der Waals surface area (Å²) >= 11 is 5.65. The molecule has 2 atom stereocenters. The highest BCUT2D eigenvalue weighted by Crippen LogP contribution is 2.22. The lowest BCUT2D eigenvalue weighted by molar-refractivity contribution is 0.0210. The van der Waals surface area contributed by atoms with Crippen molar-refractivity contribution in [2.75, 3.05) is 0 Å². The molecular formula is C10H11ClN2O2. The van der Waals surface area contributed by atoms with Crippen LogP contribution in [0.4, 0.5) is 0 Å². The minimum absolute atomic E-state index is 0.122. The molecule has 1 heterocycles. The van der Waals surface area contributed by atoms with Gasteiger partial charge in [-0.05, 0) is 13.0 Å². The number of halogens is 1. The van der Waals surface area contributed by atoms with Gasteiger partial charge in [-0.1, -0.05) is 17.7 Å². The Labute approximate surface area is 92.8 Å². The van der Waals surface area contributed by atoms with Crippen molar-refractivity contribution in [3.8, 4) is 6.07 Å². The molecule has 2 unspecified atom stereocenters. The Kier molecular flexibility index (Phi) is 4.04. The smallest absolute Gasteiger partial charge is 0.129 e. The number of aliphatic hydroxyl groups is 2. The molecular weight excluding hydrogens is 216 g/mol. The molecule has 0 aliphatic rings. The van der Waals surface area contributed by atoms with Crippen LogP contribution in [0, 0.1) is 18.3 Å². The minimum atomic E-state index is -1.10. The summed E-state index contributed by atoms with van der Waals surface area (Å²) < 4.78 is 0. The average molecular weight is 227 g/mol. The van der Waals surface area contributed by atoms with Crippen molar-refractivity contribution in [1.29, 1.82) is 5.26 Å². The Balaban J connectivity index is 2.91. The van der Waals surface area contributed by atoms with Crippen LogP contribution in [0.5, 0.6) is 0 Å². The fourth-order valence-electron chi connectivity index (χ4n) is 1.27. The zero-order valence-corrected chi connectivity index (χ0v) is 8.94. The van der Waals surface area contributed by atoms with Gasteiger partial charge in [-0.2, -0.15) is 5.26 Å². The average Bonchev–Trinajstić information content (AvgIpc) is 2.17. The molecule has 0 aliphatic carbocycles. The van der Waals surface area contributed by atoms with E-state index in [9.17, 15) is 10.2 Å². The number of hydrogen-bond donors (Lipinski definition) is 2. The topological polar surface area (TPSA) is 77.1 Å². The molecule has 4 nitrogen and oxygen atoms in total. The van der Waals surface area contributed by atoms with Gasteiger partial charge in [0.15, 0.2) is 0 Å². The lowest BCUT2D eigenvalue weighted by Gasteiger charge is -2.17. The first kappa shape index (κ1) is 11.9. The Hall–Kier alpha value is -1.15. The normalized spacial score (nSPS) is 14.3. The summed E-state index contributed by atoms with van der Waals surface area (Å²) in [5.41, 5.74) is 1.04. The van der Waals surface area contributed by atoms with E-state index in [0.29, 0.717) is 16.4 Å². The summed E-state index contributed by atoms with van der Waals surface area (Å²) in [7, 11) is 0. The van der Waals surface area contributed by atoms with Gasteiger partial charge in [-0.15, -0.1) is 0 Å². The molecule has 5 heteroatoms. The number of nitriles is 1. The second-order valence-electron chi connectivity index (χ2n) is 3.18. The Morgan fingerprint density at radius 3 is 2.73 bits per heavy atom. The van der Waals surface area contributed by atoms with E-state index in [1.807, 2.05) is 0 Å². The minimum Gasteiger partial charge on any atom is -0.389 e. The first-order valence-corrected chi connectivity index (χ1v) is 4.80. The van der Waals surface area contributed by atoms with Crippen LogP contribution in [0.1, 0.15) is 23.8 Å². The predicted octanol–water partition coefficient (Wildman–Crippen LogP) is 1.35. The van der Waals surface area contributed by atoms with E-state index < -0.39 is 12.2 Å². The first-order chi connectivity index (χ1) is 7.06. The Morgan fingerprint density at radius 2 is 2.20 bits per heavy atom. The summed E-state index contributed by atoms with van der Waals surface area (Å²) in [5, 5.41) is 27.9. The lowest BCUT2D eigenvalue weighted by Crippen LogP contribution is -2.18. The molecule has 15 heavy (non-hydrogen) atoms. The molecule has 1 rings (SSSR count). The fourth-order valence-corrected chi connectivity index (χ4v) is 1.46. The van der Waals surface area contributed by atoms with E-state index in [4.69, 9.17) is 16.9 Å². The highest BCUT2D eigenvalue weighted by Gasteiger charge is 2.20. The largest absolute Gasteiger partial charge is 0.389 e. The molecule has 0 amide bonds. The number of pyridine rings is 1. The number of aryl methyl sites for hydroxylation is 1. The van der Waals surface area contributed by atoms with Crippen molar-refractivity contribution in [3.05, 3.63) is 28.5 Å². The number of nitrogens with zero attached hydrogens (tertiary/aromatic N) is 2. The summed E-state index contributed by atoms with van der Waals surface area (Å²) in [6.07, 6.45) is -2.32. The molecule has 0 saturated heterocycles. The SMILES string of the molecule is Cc1nc(Cl)ccc1C(O)C(O)CC#N. The van der Waals surface area contributed by atoms with Crippen LogP contribution in [0.2, 0.25) is 5.15 Å².